The largest absolute Gasteiger partial charge is 0.465 e. The second kappa shape index (κ2) is 6.97. The van der Waals surface area contributed by atoms with Gasteiger partial charge in [0.05, 0.1) is 13.2 Å². The van der Waals surface area contributed by atoms with Crippen LogP contribution >= 0.6 is 0 Å². The minimum atomic E-state index is -0.609. The van der Waals surface area contributed by atoms with Crippen molar-refractivity contribution < 1.29 is 14.3 Å². The average Bonchev–Trinajstić information content (AvgIpc) is 3.14. The molecule has 4 heteroatoms. The molecule has 100 valence electrons. The molecule has 1 fully saturated rings. The van der Waals surface area contributed by atoms with E-state index in [1.54, 1.807) is 0 Å². The molecule has 1 aliphatic carbocycles. The summed E-state index contributed by atoms with van der Waals surface area (Å²) < 4.78 is 10.7. The van der Waals surface area contributed by atoms with Crippen molar-refractivity contribution in [1.29, 1.82) is 0 Å². The maximum atomic E-state index is 12.2. The van der Waals surface area contributed by atoms with Crippen LogP contribution in [-0.4, -0.2) is 37.9 Å². The van der Waals surface area contributed by atoms with E-state index >= 15 is 0 Å². The SMILES string of the molecule is CCCNC(COCC)(C(=O)OCC)C1CC1. The lowest BCUT2D eigenvalue weighted by atomic mass is 9.94. The third-order valence-corrected chi connectivity index (χ3v) is 3.14. The Morgan fingerprint density at radius 1 is 1.29 bits per heavy atom. The summed E-state index contributed by atoms with van der Waals surface area (Å²) in [5, 5.41) is 3.36. The van der Waals surface area contributed by atoms with Gasteiger partial charge in [0.1, 0.15) is 5.54 Å². The molecule has 0 heterocycles. The number of ether oxygens (including phenoxy) is 2. The third kappa shape index (κ3) is 3.68. The number of hydrogen-bond acceptors (Lipinski definition) is 4. The summed E-state index contributed by atoms with van der Waals surface area (Å²) in [7, 11) is 0. The molecule has 0 bridgehead atoms. The molecule has 0 aromatic heterocycles. The van der Waals surface area contributed by atoms with Gasteiger partial charge >= 0.3 is 5.97 Å². The zero-order valence-electron chi connectivity index (χ0n) is 11.3. The number of carbonyl (C=O) groups is 1. The number of nitrogens with one attached hydrogen (secondary N) is 1. The molecule has 1 unspecified atom stereocenters. The molecule has 0 aromatic rings. The van der Waals surface area contributed by atoms with Gasteiger partial charge in [0.2, 0.25) is 0 Å². The first-order valence-electron chi connectivity index (χ1n) is 6.71. The van der Waals surface area contributed by atoms with Crippen LogP contribution < -0.4 is 5.32 Å². The van der Waals surface area contributed by atoms with Gasteiger partial charge in [-0.15, -0.1) is 0 Å². The van der Waals surface area contributed by atoms with Crippen molar-refractivity contribution >= 4 is 5.97 Å². The summed E-state index contributed by atoms with van der Waals surface area (Å²) >= 11 is 0. The fraction of sp³-hybridized carbons (Fsp3) is 0.923. The molecule has 0 saturated heterocycles. The maximum absolute atomic E-state index is 12.2. The van der Waals surface area contributed by atoms with Gasteiger partial charge in [-0.3, -0.25) is 5.32 Å². The lowest BCUT2D eigenvalue weighted by Gasteiger charge is -2.32. The first-order valence-corrected chi connectivity index (χ1v) is 6.71. The Bertz CT molecular complexity index is 231. The van der Waals surface area contributed by atoms with Crippen molar-refractivity contribution in [3.05, 3.63) is 0 Å². The summed E-state index contributed by atoms with van der Waals surface area (Å²) in [6, 6.07) is 0. The standard InChI is InChI=1S/C13H25NO3/c1-4-9-14-13(10-16-5-2,11-7-8-11)12(15)17-6-3/h11,14H,4-10H2,1-3H3. The normalized spacial score (nSPS) is 18.8. The topological polar surface area (TPSA) is 47.6 Å². The summed E-state index contributed by atoms with van der Waals surface area (Å²) in [6.45, 7) is 8.18. The molecule has 0 spiro atoms. The van der Waals surface area contributed by atoms with Gasteiger partial charge < -0.3 is 9.47 Å². The van der Waals surface area contributed by atoms with Crippen LogP contribution in [0.25, 0.3) is 0 Å². The van der Waals surface area contributed by atoms with E-state index < -0.39 is 5.54 Å². The third-order valence-electron chi connectivity index (χ3n) is 3.14. The summed E-state index contributed by atoms with van der Waals surface area (Å²) in [5.74, 6) is 0.226. The van der Waals surface area contributed by atoms with Crippen LogP contribution in [-0.2, 0) is 14.3 Å². The van der Waals surface area contributed by atoms with E-state index in [1.165, 1.54) is 0 Å². The van der Waals surface area contributed by atoms with E-state index in [0.29, 0.717) is 25.7 Å². The number of esters is 1. The van der Waals surface area contributed by atoms with Crippen molar-refractivity contribution in [3.63, 3.8) is 0 Å². The predicted octanol–water partition coefficient (Wildman–Crippen LogP) is 1.73. The monoisotopic (exact) mass is 243 g/mol. The molecule has 0 aromatic carbocycles. The van der Waals surface area contributed by atoms with Crippen LogP contribution in [0.4, 0.5) is 0 Å². The molecule has 1 aliphatic rings. The van der Waals surface area contributed by atoms with E-state index in [4.69, 9.17) is 9.47 Å². The Kier molecular flexibility index (Phi) is 5.92. The van der Waals surface area contributed by atoms with Gasteiger partial charge in [-0.25, -0.2) is 4.79 Å². The Morgan fingerprint density at radius 3 is 2.47 bits per heavy atom. The number of rotatable bonds is 9. The highest BCUT2D eigenvalue weighted by atomic mass is 16.5. The molecule has 1 rings (SSSR count). The van der Waals surface area contributed by atoms with Gasteiger partial charge in [-0.05, 0) is 45.6 Å². The second-order valence-corrected chi connectivity index (χ2v) is 4.53. The fourth-order valence-electron chi connectivity index (χ4n) is 2.06. The quantitative estimate of drug-likeness (QED) is 0.627. The van der Waals surface area contributed by atoms with Crippen molar-refractivity contribution in [2.75, 3.05) is 26.4 Å². The van der Waals surface area contributed by atoms with Crippen LogP contribution in [0.5, 0.6) is 0 Å². The maximum Gasteiger partial charge on any atom is 0.329 e. The minimum absolute atomic E-state index is 0.149. The highest BCUT2D eigenvalue weighted by molar-refractivity contribution is 5.82. The zero-order valence-corrected chi connectivity index (χ0v) is 11.3. The predicted molar refractivity (Wildman–Crippen MR) is 66.9 cm³/mol. The van der Waals surface area contributed by atoms with Gasteiger partial charge in [0, 0.05) is 6.61 Å². The average molecular weight is 243 g/mol. The van der Waals surface area contributed by atoms with Crippen molar-refractivity contribution in [2.45, 2.75) is 45.6 Å². The van der Waals surface area contributed by atoms with Crippen LogP contribution in [0.15, 0.2) is 0 Å². The first kappa shape index (κ1) is 14.5. The van der Waals surface area contributed by atoms with Crippen molar-refractivity contribution in [2.24, 2.45) is 5.92 Å². The molecule has 4 nitrogen and oxygen atoms in total. The molecule has 17 heavy (non-hydrogen) atoms. The van der Waals surface area contributed by atoms with E-state index in [2.05, 4.69) is 12.2 Å². The van der Waals surface area contributed by atoms with Gasteiger partial charge in [-0.1, -0.05) is 6.92 Å². The first-order chi connectivity index (χ1) is 8.21. The summed E-state index contributed by atoms with van der Waals surface area (Å²) in [6.07, 6.45) is 3.17. The Morgan fingerprint density at radius 2 is 2.00 bits per heavy atom. The zero-order chi connectivity index (χ0) is 12.7. The smallest absolute Gasteiger partial charge is 0.329 e. The lowest BCUT2D eigenvalue weighted by molar-refractivity contribution is -0.155. The van der Waals surface area contributed by atoms with Gasteiger partial charge in [0.15, 0.2) is 0 Å². The minimum Gasteiger partial charge on any atom is -0.465 e. The molecular formula is C13H25NO3. The van der Waals surface area contributed by atoms with E-state index in [9.17, 15) is 4.79 Å². The van der Waals surface area contributed by atoms with Gasteiger partial charge in [0.25, 0.3) is 0 Å². The highest BCUT2D eigenvalue weighted by Crippen LogP contribution is 2.40. The summed E-state index contributed by atoms with van der Waals surface area (Å²) in [5.41, 5.74) is -0.609. The van der Waals surface area contributed by atoms with Gasteiger partial charge in [-0.2, -0.15) is 0 Å². The molecule has 0 radical (unpaired) electrons. The van der Waals surface area contributed by atoms with E-state index in [-0.39, 0.29) is 5.97 Å². The second-order valence-electron chi connectivity index (χ2n) is 4.53. The Balaban J connectivity index is 2.72. The summed E-state index contributed by atoms with van der Waals surface area (Å²) in [4.78, 5) is 12.2. The van der Waals surface area contributed by atoms with Crippen molar-refractivity contribution in [1.82, 2.24) is 5.32 Å². The van der Waals surface area contributed by atoms with Crippen LogP contribution in [0.1, 0.15) is 40.0 Å². The molecular weight excluding hydrogens is 218 g/mol. The molecule has 1 saturated carbocycles. The number of carbonyl (C=O) groups excluding carboxylic acids is 1. The van der Waals surface area contributed by atoms with Crippen molar-refractivity contribution in [3.8, 4) is 0 Å². The Hall–Kier alpha value is -0.610. The molecule has 1 N–H and O–H groups in total. The molecule has 0 amide bonds. The Labute approximate surface area is 104 Å². The van der Waals surface area contributed by atoms with Crippen LogP contribution in [0, 0.1) is 5.92 Å². The lowest BCUT2D eigenvalue weighted by Crippen LogP contribution is -2.58. The molecule has 0 aliphatic heterocycles. The number of hydrogen-bond donors (Lipinski definition) is 1. The van der Waals surface area contributed by atoms with E-state index in [0.717, 1.165) is 25.8 Å². The molecule has 1 atom stereocenters. The highest BCUT2D eigenvalue weighted by Gasteiger charge is 2.51. The fourth-order valence-corrected chi connectivity index (χ4v) is 2.06. The van der Waals surface area contributed by atoms with Crippen LogP contribution in [0.2, 0.25) is 0 Å². The van der Waals surface area contributed by atoms with Crippen LogP contribution in [0.3, 0.4) is 0 Å². The van der Waals surface area contributed by atoms with E-state index in [1.807, 2.05) is 13.8 Å².